The summed E-state index contributed by atoms with van der Waals surface area (Å²) in [5, 5.41) is 10.6. The lowest BCUT2D eigenvalue weighted by Crippen LogP contribution is -2.00. The van der Waals surface area contributed by atoms with E-state index in [0.29, 0.717) is 5.69 Å². The molecule has 1 heterocycles. The van der Waals surface area contributed by atoms with Gasteiger partial charge in [0.25, 0.3) is 5.69 Å². The van der Waals surface area contributed by atoms with Gasteiger partial charge in [0.05, 0.1) is 10.6 Å². The largest absolute Gasteiger partial charge is 0.271 e. The molecule has 15 heavy (non-hydrogen) atoms. The van der Waals surface area contributed by atoms with Gasteiger partial charge in [-0.2, -0.15) is 0 Å². The summed E-state index contributed by atoms with van der Waals surface area (Å²) in [6.45, 7) is 5.83. The summed E-state index contributed by atoms with van der Waals surface area (Å²) in [4.78, 5) is 14.5. The van der Waals surface area contributed by atoms with Crippen LogP contribution in [-0.4, -0.2) is 10.6 Å². The van der Waals surface area contributed by atoms with Crippen LogP contribution in [0.25, 0.3) is 5.57 Å². The van der Waals surface area contributed by atoms with Crippen LogP contribution in [0.3, 0.4) is 0 Å². The number of hydrogen-bond donors (Lipinski definition) is 0. The number of fused-ring (bicyclic) bond motifs is 1. The Bertz CT molecular complexity index is 489. The van der Waals surface area contributed by atoms with Crippen molar-refractivity contribution in [2.75, 3.05) is 0 Å². The molecule has 1 aromatic rings. The van der Waals surface area contributed by atoms with Crippen molar-refractivity contribution in [1.29, 1.82) is 0 Å². The summed E-state index contributed by atoms with van der Waals surface area (Å²) in [5.74, 6) is 0. The standard InChI is InChI=1S/C11H10N2O2/c1-7-5-8(2)12-11-6-9(13(14)15)3-4-10(7)11/h3-4,6H,1,5H2,2H3. The molecule has 0 aliphatic carbocycles. The Labute approximate surface area is 87.1 Å². The number of aliphatic imine (C=N–C) groups is 1. The summed E-state index contributed by atoms with van der Waals surface area (Å²) in [6, 6.07) is 4.69. The minimum absolute atomic E-state index is 0.0694. The number of nitro benzene ring substituents is 1. The van der Waals surface area contributed by atoms with Crippen LogP contribution >= 0.6 is 0 Å². The molecule has 0 N–H and O–H groups in total. The molecule has 4 heteroatoms. The first-order chi connectivity index (χ1) is 7.08. The van der Waals surface area contributed by atoms with Crippen LogP contribution in [0.1, 0.15) is 18.9 Å². The third kappa shape index (κ3) is 1.66. The molecule has 0 fully saturated rings. The van der Waals surface area contributed by atoms with Crippen LogP contribution in [0.15, 0.2) is 29.8 Å². The molecule has 0 aromatic heterocycles. The highest BCUT2D eigenvalue weighted by Gasteiger charge is 2.16. The predicted octanol–water partition coefficient (Wildman–Crippen LogP) is 3.10. The van der Waals surface area contributed by atoms with Crippen molar-refractivity contribution in [3.8, 4) is 0 Å². The molecular formula is C11H10N2O2. The minimum Gasteiger partial charge on any atom is -0.258 e. The Morgan fingerprint density at radius 3 is 2.93 bits per heavy atom. The van der Waals surface area contributed by atoms with Gasteiger partial charge in [0.15, 0.2) is 0 Å². The number of non-ortho nitro benzene ring substituents is 1. The molecule has 0 unspecified atom stereocenters. The monoisotopic (exact) mass is 202 g/mol. The Kier molecular flexibility index (Phi) is 2.11. The zero-order valence-corrected chi connectivity index (χ0v) is 8.36. The van der Waals surface area contributed by atoms with E-state index in [1.807, 2.05) is 6.92 Å². The van der Waals surface area contributed by atoms with Crippen molar-refractivity contribution < 1.29 is 4.92 Å². The average Bonchev–Trinajstić information content (AvgIpc) is 2.16. The number of allylic oxidation sites excluding steroid dienone is 1. The van der Waals surface area contributed by atoms with Gasteiger partial charge in [-0.15, -0.1) is 0 Å². The molecule has 0 radical (unpaired) electrons. The van der Waals surface area contributed by atoms with Crippen LogP contribution in [-0.2, 0) is 0 Å². The molecule has 76 valence electrons. The molecule has 0 saturated carbocycles. The Morgan fingerprint density at radius 2 is 2.27 bits per heavy atom. The first-order valence-corrected chi connectivity index (χ1v) is 4.58. The van der Waals surface area contributed by atoms with Gasteiger partial charge in [-0.3, -0.25) is 15.1 Å². The number of hydrogen-bond acceptors (Lipinski definition) is 3. The topological polar surface area (TPSA) is 55.5 Å². The van der Waals surface area contributed by atoms with Gasteiger partial charge >= 0.3 is 0 Å². The molecule has 1 aromatic carbocycles. The second-order valence-electron chi connectivity index (χ2n) is 3.59. The summed E-state index contributed by atoms with van der Waals surface area (Å²) in [6.07, 6.45) is 0.741. The van der Waals surface area contributed by atoms with Crippen molar-refractivity contribution in [3.05, 3.63) is 40.5 Å². The van der Waals surface area contributed by atoms with E-state index in [0.717, 1.165) is 23.3 Å². The van der Waals surface area contributed by atoms with E-state index in [2.05, 4.69) is 11.6 Å². The van der Waals surface area contributed by atoms with Gasteiger partial charge in [0, 0.05) is 29.8 Å². The highest BCUT2D eigenvalue weighted by molar-refractivity contribution is 5.99. The second kappa shape index (κ2) is 3.31. The van der Waals surface area contributed by atoms with Gasteiger partial charge in [0.2, 0.25) is 0 Å². The molecule has 0 saturated heterocycles. The van der Waals surface area contributed by atoms with E-state index in [1.54, 1.807) is 6.07 Å². The fraction of sp³-hybridized carbons (Fsp3) is 0.182. The minimum atomic E-state index is -0.414. The van der Waals surface area contributed by atoms with E-state index in [9.17, 15) is 10.1 Å². The maximum absolute atomic E-state index is 10.6. The highest BCUT2D eigenvalue weighted by Crippen LogP contribution is 2.35. The Hall–Kier alpha value is -1.97. The molecule has 0 bridgehead atoms. The average molecular weight is 202 g/mol. The SMILES string of the molecule is C=C1CC(C)=Nc2cc([N+](=O)[O-])ccc21. The van der Waals surface area contributed by atoms with E-state index in [1.165, 1.54) is 12.1 Å². The van der Waals surface area contributed by atoms with E-state index in [-0.39, 0.29) is 5.69 Å². The lowest BCUT2D eigenvalue weighted by molar-refractivity contribution is -0.384. The molecular weight excluding hydrogens is 192 g/mol. The third-order valence-electron chi connectivity index (χ3n) is 2.35. The Balaban J connectivity index is 2.58. The molecule has 0 atom stereocenters. The number of nitrogens with zero attached hydrogens (tertiary/aromatic N) is 2. The maximum atomic E-state index is 10.6. The van der Waals surface area contributed by atoms with Gasteiger partial charge < -0.3 is 0 Å². The van der Waals surface area contributed by atoms with Crippen molar-refractivity contribution in [3.63, 3.8) is 0 Å². The highest BCUT2D eigenvalue weighted by atomic mass is 16.6. The van der Waals surface area contributed by atoms with Gasteiger partial charge in [-0.1, -0.05) is 6.58 Å². The van der Waals surface area contributed by atoms with Gasteiger partial charge in [-0.25, -0.2) is 0 Å². The third-order valence-corrected chi connectivity index (χ3v) is 2.35. The summed E-state index contributed by atoms with van der Waals surface area (Å²) < 4.78 is 0. The van der Waals surface area contributed by atoms with Crippen molar-refractivity contribution in [1.82, 2.24) is 0 Å². The summed E-state index contributed by atoms with van der Waals surface area (Å²) in [7, 11) is 0. The van der Waals surface area contributed by atoms with E-state index < -0.39 is 4.92 Å². The lowest BCUT2D eigenvalue weighted by atomic mass is 9.97. The Morgan fingerprint density at radius 1 is 1.53 bits per heavy atom. The fourth-order valence-electron chi connectivity index (χ4n) is 1.67. The smallest absolute Gasteiger partial charge is 0.258 e. The summed E-state index contributed by atoms with van der Waals surface area (Å²) >= 11 is 0. The molecule has 0 spiro atoms. The van der Waals surface area contributed by atoms with Crippen molar-refractivity contribution in [2.24, 2.45) is 4.99 Å². The van der Waals surface area contributed by atoms with Crippen molar-refractivity contribution >= 4 is 22.7 Å². The molecule has 4 nitrogen and oxygen atoms in total. The van der Waals surface area contributed by atoms with Crippen molar-refractivity contribution in [2.45, 2.75) is 13.3 Å². The van der Waals surface area contributed by atoms with Gasteiger partial charge in [0.1, 0.15) is 0 Å². The zero-order chi connectivity index (χ0) is 11.0. The number of benzene rings is 1. The zero-order valence-electron chi connectivity index (χ0n) is 8.36. The quantitative estimate of drug-likeness (QED) is 0.519. The van der Waals surface area contributed by atoms with Gasteiger partial charge in [-0.05, 0) is 18.6 Å². The first kappa shape index (κ1) is 9.58. The predicted molar refractivity (Wildman–Crippen MR) is 59.5 cm³/mol. The van der Waals surface area contributed by atoms with Crippen LogP contribution in [0, 0.1) is 10.1 Å². The molecule has 2 rings (SSSR count). The maximum Gasteiger partial charge on any atom is 0.271 e. The van der Waals surface area contributed by atoms with Crippen LogP contribution in [0.5, 0.6) is 0 Å². The first-order valence-electron chi connectivity index (χ1n) is 4.58. The number of nitro groups is 1. The normalized spacial score (nSPS) is 14.5. The van der Waals surface area contributed by atoms with E-state index >= 15 is 0 Å². The fourth-order valence-corrected chi connectivity index (χ4v) is 1.67. The van der Waals surface area contributed by atoms with Crippen LogP contribution in [0.4, 0.5) is 11.4 Å². The van der Waals surface area contributed by atoms with Crippen LogP contribution < -0.4 is 0 Å². The summed E-state index contributed by atoms with van der Waals surface area (Å²) in [5.41, 5.74) is 3.53. The second-order valence-corrected chi connectivity index (χ2v) is 3.59. The molecule has 1 aliphatic heterocycles. The molecule has 1 aliphatic rings. The van der Waals surface area contributed by atoms with E-state index in [4.69, 9.17) is 0 Å². The van der Waals surface area contributed by atoms with Crippen LogP contribution in [0.2, 0.25) is 0 Å². The number of rotatable bonds is 1. The lowest BCUT2D eigenvalue weighted by Gasteiger charge is -2.14. The molecule has 0 amide bonds.